The number of allylic oxidation sites excluding steroid dienone is 3. The van der Waals surface area contributed by atoms with Crippen molar-refractivity contribution in [3.05, 3.63) is 558 Å². The molecule has 0 saturated heterocycles. The zero-order chi connectivity index (χ0) is 101. The van der Waals surface area contributed by atoms with Crippen LogP contribution in [0.15, 0.2) is 529 Å². The summed E-state index contributed by atoms with van der Waals surface area (Å²) in [7, 11) is -10.2. The molecule has 1 aromatic heterocycles. The van der Waals surface area contributed by atoms with Gasteiger partial charge in [-0.3, -0.25) is 14.4 Å². The summed E-state index contributed by atoms with van der Waals surface area (Å²) in [6, 6.07) is 157. The average Bonchev–Trinajstić information content (AvgIpc) is 1.68. The van der Waals surface area contributed by atoms with Gasteiger partial charge in [-0.25, -0.2) is 4.39 Å². The van der Waals surface area contributed by atoms with Crippen molar-refractivity contribution < 1.29 is 97.6 Å². The van der Waals surface area contributed by atoms with Crippen LogP contribution in [-0.4, -0.2) is 28.1 Å². The van der Waals surface area contributed by atoms with Crippen molar-refractivity contribution in [1.82, 2.24) is 4.98 Å². The zero-order valence-corrected chi connectivity index (χ0v) is 94.5. The smallest absolute Gasteiger partial charge is 0.416 e. The number of carbonyl (C=O) groups excluding carboxylic acids is 3. The average molecular weight is 2390 g/mol. The summed E-state index contributed by atoms with van der Waals surface area (Å²) in [6.45, 7) is 4.18. The number of aryl methyl sites for hydroxylation is 1. The quantitative estimate of drug-likeness (QED) is 0.0141. The number of aromatic nitrogens is 1. The molecule has 148 heavy (non-hydrogen) atoms. The minimum Gasteiger partial charge on any atom is -1.00 e. The number of nitrogens with zero attached hydrogens (tertiary/aromatic N) is 1. The highest BCUT2D eigenvalue weighted by molar-refractivity contribution is 8.06. The number of carbonyl (C=O) groups is 3. The van der Waals surface area contributed by atoms with Crippen LogP contribution in [0.25, 0.3) is 11.5 Å². The van der Waals surface area contributed by atoms with Crippen molar-refractivity contribution in [2.75, 3.05) is 5.75 Å². The summed E-state index contributed by atoms with van der Waals surface area (Å²) in [6.07, 6.45) is -4.82. The molecule has 1 heterocycles. The lowest BCUT2D eigenvalue weighted by molar-refractivity contribution is -0.137. The first kappa shape index (κ1) is 118. The second-order valence-electron chi connectivity index (χ2n) is 33.1. The van der Waals surface area contributed by atoms with Crippen molar-refractivity contribution in [3.8, 4) is 11.5 Å². The van der Waals surface area contributed by atoms with Crippen LogP contribution < -0.4 is 130 Å². The molecule has 18 rings (SSSR count). The number of Topliss-reactive ketones (excluding diaryl/α,β-unsaturated/α-hetero) is 3. The van der Waals surface area contributed by atoms with Crippen LogP contribution in [0.3, 0.4) is 0 Å². The van der Waals surface area contributed by atoms with E-state index in [-0.39, 0.29) is 124 Å². The summed E-state index contributed by atoms with van der Waals surface area (Å²) in [5.74, 6) is 0.709. The van der Waals surface area contributed by atoms with Crippen molar-refractivity contribution in [3.63, 3.8) is 0 Å². The second kappa shape index (κ2) is 56.9. The van der Waals surface area contributed by atoms with Crippen LogP contribution in [-0.2, 0) is 17.4 Å². The highest BCUT2D eigenvalue weighted by atomic mass is 127. The Morgan fingerprint density at radius 1 is 0.358 bits per heavy atom. The largest absolute Gasteiger partial charge is 1.00 e. The van der Waals surface area contributed by atoms with Crippen molar-refractivity contribution in [2.45, 2.75) is 55.7 Å². The number of hydrogen-bond donors (Lipinski definition) is 0. The van der Waals surface area contributed by atoms with Crippen LogP contribution in [0.2, 0.25) is 10.0 Å². The van der Waals surface area contributed by atoms with E-state index in [0.29, 0.717) is 37.0 Å². The molecule has 18 aromatic rings. The molecule has 0 amide bonds. The van der Waals surface area contributed by atoms with Crippen molar-refractivity contribution in [2.24, 2.45) is 0 Å². The van der Waals surface area contributed by atoms with Crippen LogP contribution in [0.5, 0.6) is 0 Å². The Kier molecular flexibility index (Phi) is 45.4. The van der Waals surface area contributed by atoms with E-state index in [1.54, 1.807) is 11.8 Å². The van der Waals surface area contributed by atoms with E-state index in [4.69, 9.17) is 90.6 Å². The van der Waals surface area contributed by atoms with Gasteiger partial charge in [-0.05, 0) is 243 Å². The Morgan fingerprint density at radius 2 is 0.649 bits per heavy atom. The molecule has 0 atom stereocenters. The van der Waals surface area contributed by atoms with Crippen LogP contribution >= 0.6 is 134 Å². The predicted octanol–water partition coefficient (Wildman–Crippen LogP) is 19.0. The number of oxazole rings is 1. The molecule has 0 aliphatic rings. The lowest BCUT2D eigenvalue weighted by Gasteiger charge is -2.30. The van der Waals surface area contributed by atoms with E-state index in [1.807, 2.05) is 237 Å². The van der Waals surface area contributed by atoms with Gasteiger partial charge in [-0.15, -0.1) is 0 Å². The molecule has 17 aromatic carbocycles. The van der Waals surface area contributed by atoms with E-state index >= 15 is 0 Å². The standard InChI is InChI=1S/C35H28Cl2OPS.C30H22Cl3F3OP.C29H25NOPS.C28H21Cl2FOP.3ClH.HI/c1-26-17-19-27(20-18-26)33(38)25-34(35(37)40-32-23-21-28(36)22-24-32)39(29-11-5-2-6-12-29,30-13-7-3-8-14-30)31-15-9-4-10-16-31;31-27-17-16-22(30(34,35)36)18-21(27)19-23(37)20-28(29(32)33)38(24-10-4-1-5-11-24,25-12-6-2-7-13-25)26-14-8-3-9-15-26;1-2-33-29-28(30-27(31-29)23-15-7-3-8-16-23)32(24-17-9-4-10-18-24,25-19-11-5-12-20-25)26-21-13-6-14-22-26;29-28(30)27(20-26(32)21-16-18-22(31)19-17-21)33(23-10-4-1-5-11-23,24-12-6-2-7-13-24)25-14-8-3-9-15-25;;;;/h2-24H,25H2,1H3;1-18H,19-20H2;3-22H,2H2,1H3;1-19H,20H2;4*1H/q4*+1;;;;/p-4/b35-34+;;;;;;;. The molecule has 0 aliphatic heterocycles. The first-order chi connectivity index (χ1) is 70.0. The molecule has 26 heteroatoms. The minimum absolute atomic E-state index is 0. The molecule has 5 nitrogen and oxygen atoms in total. The fourth-order valence-electron chi connectivity index (χ4n) is 17.7. The minimum atomic E-state index is -4.55. The summed E-state index contributed by atoms with van der Waals surface area (Å²) < 4.78 is 60.5. The number of ketones is 3. The Bertz CT molecular complexity index is 7020. The van der Waals surface area contributed by atoms with Gasteiger partial charge >= 0.3 is 6.18 Å². The molecular weight excluding hydrogens is 2290 g/mol. The molecule has 0 aliphatic carbocycles. The van der Waals surface area contributed by atoms with Gasteiger partial charge in [0.05, 0.1) is 24.8 Å². The van der Waals surface area contributed by atoms with E-state index in [9.17, 15) is 31.9 Å². The monoisotopic (exact) mass is 2380 g/mol. The molecule has 0 fully saturated rings. The van der Waals surface area contributed by atoms with Crippen LogP contribution in [0.4, 0.5) is 17.6 Å². The molecule has 0 radical (unpaired) electrons. The Morgan fingerprint density at radius 3 is 0.959 bits per heavy atom. The first-order valence-electron chi connectivity index (χ1n) is 46.1. The molecule has 0 N–H and O–H groups in total. The molecule has 0 bridgehead atoms. The number of halogens is 15. The van der Waals surface area contributed by atoms with Crippen LogP contribution in [0, 0.1) is 12.7 Å². The normalized spacial score (nSPS) is 11.3. The van der Waals surface area contributed by atoms with Crippen molar-refractivity contribution >= 4 is 220 Å². The van der Waals surface area contributed by atoms with E-state index in [0.717, 1.165) is 104 Å². The third kappa shape index (κ3) is 27.9. The fraction of sp³-hybridized carbons (Fsp3) is 0.0656. The lowest BCUT2D eigenvalue weighted by atomic mass is 10.0. The fourth-order valence-corrected chi connectivity index (χ4v) is 39.9. The van der Waals surface area contributed by atoms with Gasteiger partial charge in [-0.2, -0.15) is 18.2 Å². The SMILES string of the molecule is CCSc1oc(-c2ccccc2)nc1[P+](c1ccccc1)(c1ccccc1)c1ccccc1.Cc1ccc(C(=O)C/C(=C(/Cl)Sc2ccc(Cl)cc2)[P+](c2ccccc2)(c2ccccc2)c2ccccc2)cc1.O=C(CC(=C(Cl)Cl)[P+](c1ccccc1)(c1ccccc1)c1ccccc1)Cc1cc(C(F)(F)F)ccc1Cl.O=C(CC(=C(Cl)Cl)[P+](c1ccccc1)(c1ccccc1)c1ccccc1)c1ccc(F)cc1.[Cl-].[Cl-].[Cl-].[I-]. The topological polar surface area (TPSA) is 77.2 Å². The predicted molar refractivity (Wildman–Crippen MR) is 611 cm³/mol. The molecule has 0 saturated carbocycles. The van der Waals surface area contributed by atoms with Crippen LogP contribution in [0.1, 0.15) is 63.6 Å². The van der Waals surface area contributed by atoms with Gasteiger partial charge < -0.3 is 65.6 Å². The van der Waals surface area contributed by atoms with Gasteiger partial charge in [0.15, 0.2) is 18.8 Å². The number of thioether (sulfide) groups is 2. The Labute approximate surface area is 944 Å². The van der Waals surface area contributed by atoms with Gasteiger partial charge in [0, 0.05) is 38.1 Å². The summed E-state index contributed by atoms with van der Waals surface area (Å²) in [5.41, 5.74) is 3.47. The number of rotatable bonds is 31. The highest BCUT2D eigenvalue weighted by Gasteiger charge is 2.57. The molecule has 0 spiro atoms. The molecule has 0 unspecified atom stereocenters. The maximum Gasteiger partial charge on any atom is 0.416 e. The van der Waals surface area contributed by atoms with Gasteiger partial charge in [0.2, 0.25) is 11.0 Å². The number of benzene rings is 17. The lowest BCUT2D eigenvalue weighted by Crippen LogP contribution is -3.00. The maximum atomic E-state index is 14.0. The summed E-state index contributed by atoms with van der Waals surface area (Å²) in [4.78, 5) is 47.1. The number of alkyl halides is 3. The number of hydrogen-bond acceptors (Lipinski definition) is 7. The summed E-state index contributed by atoms with van der Waals surface area (Å²) in [5, 5.41) is 17.0. The third-order valence-corrected chi connectivity index (χ3v) is 46.2. The van der Waals surface area contributed by atoms with Crippen molar-refractivity contribution in [1.29, 1.82) is 0 Å². The molecular formula is C122H96Cl10F4INO4P4S2. The Hall–Kier alpha value is -10.1. The maximum absolute atomic E-state index is 14.0. The van der Waals surface area contributed by atoms with Gasteiger partial charge in [0.25, 0.3) is 5.44 Å². The highest BCUT2D eigenvalue weighted by Crippen LogP contribution is 2.69. The Balaban J connectivity index is 0.000000186. The first-order valence-corrected chi connectivity index (χ1v) is 57.7. The second-order valence-corrected chi connectivity index (χ2v) is 52.4. The van der Waals surface area contributed by atoms with E-state index in [2.05, 4.69) is 219 Å². The third-order valence-electron chi connectivity index (χ3n) is 24.1. The van der Waals surface area contributed by atoms with Gasteiger partial charge in [0.1, 0.15) is 126 Å². The zero-order valence-electron chi connectivity index (χ0n) is 79.6. The van der Waals surface area contributed by atoms with Gasteiger partial charge in [-0.1, -0.05) is 378 Å². The van der Waals surface area contributed by atoms with E-state index in [1.165, 1.54) is 51.9 Å². The summed E-state index contributed by atoms with van der Waals surface area (Å²) >= 11 is 49.3. The molecule has 750 valence electrons. The van der Waals surface area contributed by atoms with E-state index < -0.39 is 46.6 Å².